The fourth-order valence-electron chi connectivity index (χ4n) is 3.95. The molecule has 0 saturated heterocycles. The predicted molar refractivity (Wildman–Crippen MR) is 138 cm³/mol. The SMILES string of the molecule is C=C(C)C(C)=CC.CC(C)(C)CP(CC(C)(C)C)(CC(C)(C)C)=NC1=CC=CC1.[Ti]. The van der Waals surface area contributed by atoms with Gasteiger partial charge in [-0.3, -0.25) is 4.74 Å². The molecule has 0 aromatic carbocycles. The van der Waals surface area contributed by atoms with Gasteiger partial charge < -0.3 is 0 Å². The van der Waals surface area contributed by atoms with Crippen LogP contribution in [0.1, 0.15) is 89.5 Å². The Labute approximate surface area is 204 Å². The Hall–Kier alpha value is -0.0957. The van der Waals surface area contributed by atoms with Gasteiger partial charge in [0.15, 0.2) is 0 Å². The van der Waals surface area contributed by atoms with Crippen molar-refractivity contribution in [2.75, 3.05) is 18.5 Å². The maximum absolute atomic E-state index is 5.47. The van der Waals surface area contributed by atoms with Crippen LogP contribution < -0.4 is 0 Å². The summed E-state index contributed by atoms with van der Waals surface area (Å²) in [7, 11) is -1.39. The molecule has 172 valence electrons. The summed E-state index contributed by atoms with van der Waals surface area (Å²) in [4.78, 5) is 0. The minimum Gasteiger partial charge on any atom is -0.272 e. The van der Waals surface area contributed by atoms with Gasteiger partial charge in [0.05, 0.1) is 0 Å². The second kappa shape index (κ2) is 12.8. The molecule has 0 heterocycles. The van der Waals surface area contributed by atoms with Gasteiger partial charge in [0.2, 0.25) is 0 Å². The van der Waals surface area contributed by atoms with E-state index in [4.69, 9.17) is 4.74 Å². The van der Waals surface area contributed by atoms with E-state index in [1.165, 1.54) is 29.8 Å². The Balaban J connectivity index is 0. The van der Waals surface area contributed by atoms with E-state index in [1.807, 2.05) is 13.8 Å². The Kier molecular flexibility index (Phi) is 13.7. The quantitative estimate of drug-likeness (QED) is 0.217. The Bertz CT molecular complexity index is 638. The molecule has 0 spiro atoms. The summed E-state index contributed by atoms with van der Waals surface area (Å²) in [5.74, 6) is 0. The zero-order valence-electron chi connectivity index (χ0n) is 22.2. The maximum Gasteiger partial charge on any atom is 0.0425 e. The van der Waals surface area contributed by atoms with E-state index in [-0.39, 0.29) is 21.7 Å². The van der Waals surface area contributed by atoms with Gasteiger partial charge in [0.25, 0.3) is 0 Å². The van der Waals surface area contributed by atoms with Crippen molar-refractivity contribution < 1.29 is 21.7 Å². The van der Waals surface area contributed by atoms with E-state index in [9.17, 15) is 0 Å². The van der Waals surface area contributed by atoms with E-state index >= 15 is 0 Å². The monoisotopic (exact) mass is 467 g/mol. The summed E-state index contributed by atoms with van der Waals surface area (Å²) in [6.45, 7) is 31.3. The molecule has 1 aliphatic carbocycles. The van der Waals surface area contributed by atoms with Crippen LogP contribution in [0.3, 0.4) is 0 Å². The molecule has 0 aromatic heterocycles. The van der Waals surface area contributed by atoms with Crippen molar-refractivity contribution >= 4 is 7.05 Å². The third kappa shape index (κ3) is 15.7. The molecule has 1 aliphatic rings. The molecule has 0 aromatic rings. The molecule has 0 saturated carbocycles. The molecule has 0 unspecified atom stereocenters. The minimum atomic E-state index is -1.39. The van der Waals surface area contributed by atoms with Crippen molar-refractivity contribution in [2.45, 2.75) is 89.5 Å². The average molecular weight is 468 g/mol. The van der Waals surface area contributed by atoms with E-state index < -0.39 is 7.05 Å². The molecule has 0 atom stereocenters. The van der Waals surface area contributed by atoms with Gasteiger partial charge >= 0.3 is 0 Å². The third-order valence-electron chi connectivity index (χ3n) is 4.50. The maximum atomic E-state index is 5.47. The molecule has 0 bridgehead atoms. The molecule has 0 fully saturated rings. The zero-order valence-corrected chi connectivity index (χ0v) is 24.7. The summed E-state index contributed by atoms with van der Waals surface area (Å²) in [5, 5.41) is 0. The normalized spacial score (nSPS) is 15.1. The fraction of sp³-hybridized carbons (Fsp3) is 0.704. The van der Waals surface area contributed by atoms with Crippen LogP contribution in [-0.2, 0) is 21.7 Å². The molecule has 0 N–H and O–H groups in total. The van der Waals surface area contributed by atoms with Gasteiger partial charge in [-0.15, -0.1) is 0 Å². The number of rotatable bonds is 5. The first-order valence-corrected chi connectivity index (χ1v) is 13.4. The average Bonchev–Trinajstić information content (AvgIpc) is 2.93. The molecule has 1 rings (SSSR count). The van der Waals surface area contributed by atoms with Crippen LogP contribution in [-0.4, -0.2) is 18.5 Å². The number of hydrogen-bond donors (Lipinski definition) is 0. The second-order valence-corrected chi connectivity index (χ2v) is 15.7. The van der Waals surface area contributed by atoms with Crippen molar-refractivity contribution in [3.63, 3.8) is 0 Å². The predicted octanol–water partition coefficient (Wildman–Crippen LogP) is 9.70. The zero-order chi connectivity index (χ0) is 23.1. The van der Waals surface area contributed by atoms with E-state index in [0.29, 0.717) is 16.2 Å². The first kappa shape index (κ1) is 32.1. The van der Waals surface area contributed by atoms with E-state index in [1.54, 1.807) is 0 Å². The molecule has 0 radical (unpaired) electrons. The van der Waals surface area contributed by atoms with Crippen LogP contribution in [0.15, 0.2) is 52.5 Å². The Morgan fingerprint density at radius 1 is 0.933 bits per heavy atom. The van der Waals surface area contributed by atoms with Crippen LogP contribution in [0.2, 0.25) is 0 Å². The molecular weight excluding hydrogens is 417 g/mol. The largest absolute Gasteiger partial charge is 0.272 e. The van der Waals surface area contributed by atoms with Gasteiger partial charge in [0.1, 0.15) is 0 Å². The number of allylic oxidation sites excluding steroid dienone is 6. The van der Waals surface area contributed by atoms with E-state index in [2.05, 4.69) is 100 Å². The number of hydrogen-bond acceptors (Lipinski definition) is 1. The molecule has 30 heavy (non-hydrogen) atoms. The number of nitrogens with zero attached hydrogens (tertiary/aromatic N) is 1. The van der Waals surface area contributed by atoms with Gasteiger partial charge in [-0.1, -0.05) is 98.3 Å². The Morgan fingerprint density at radius 2 is 1.33 bits per heavy atom. The smallest absolute Gasteiger partial charge is 0.0425 e. The van der Waals surface area contributed by atoms with E-state index in [0.717, 1.165) is 12.0 Å². The minimum absolute atomic E-state index is 0. The standard InChI is InChI=1S/C20H38NP.C7H12.Ti/c1-18(2,3)14-22(15-19(4,5)6,16-20(7,8)9)21-17-12-10-11-13-17;1-5-7(4)6(2)3;/h10-12H,13-16H2,1-9H3;5H,2H2,1,3-4H3;. The van der Waals surface area contributed by atoms with Gasteiger partial charge in [-0.2, -0.15) is 0 Å². The van der Waals surface area contributed by atoms with Gasteiger partial charge in [-0.05, 0) is 68.6 Å². The fourth-order valence-corrected chi connectivity index (χ4v) is 10.5. The molecule has 0 amide bonds. The molecule has 0 aliphatic heterocycles. The van der Waals surface area contributed by atoms with Crippen LogP contribution in [0.4, 0.5) is 0 Å². The topological polar surface area (TPSA) is 12.4 Å². The summed E-state index contributed by atoms with van der Waals surface area (Å²) in [6.07, 6.45) is 13.5. The molecule has 3 heteroatoms. The molecule has 1 nitrogen and oxygen atoms in total. The van der Waals surface area contributed by atoms with Crippen molar-refractivity contribution in [1.29, 1.82) is 0 Å². The van der Waals surface area contributed by atoms with Crippen molar-refractivity contribution in [1.82, 2.24) is 0 Å². The summed E-state index contributed by atoms with van der Waals surface area (Å²) < 4.78 is 5.47. The van der Waals surface area contributed by atoms with Crippen LogP contribution >= 0.6 is 7.05 Å². The van der Waals surface area contributed by atoms with Gasteiger partial charge in [0, 0.05) is 33.8 Å². The van der Waals surface area contributed by atoms with Crippen molar-refractivity contribution in [3.05, 3.63) is 47.7 Å². The van der Waals surface area contributed by atoms with Gasteiger partial charge in [-0.25, -0.2) is 0 Å². The first-order valence-electron chi connectivity index (χ1n) is 11.1. The first-order chi connectivity index (χ1) is 12.9. The van der Waals surface area contributed by atoms with Crippen LogP contribution in [0.25, 0.3) is 0 Å². The third-order valence-corrected chi connectivity index (χ3v) is 9.80. The summed E-state index contributed by atoms with van der Waals surface area (Å²) in [5.41, 5.74) is 4.75. The molecular formula is C27H50NPTi. The Morgan fingerprint density at radius 3 is 1.53 bits per heavy atom. The summed E-state index contributed by atoms with van der Waals surface area (Å²) >= 11 is 0. The van der Waals surface area contributed by atoms with Crippen molar-refractivity contribution in [3.8, 4) is 0 Å². The van der Waals surface area contributed by atoms with Crippen LogP contribution in [0, 0.1) is 16.2 Å². The summed E-state index contributed by atoms with van der Waals surface area (Å²) in [6, 6.07) is 0. The van der Waals surface area contributed by atoms with Crippen LogP contribution in [0.5, 0.6) is 0 Å². The second-order valence-electron chi connectivity index (χ2n) is 12.4. The van der Waals surface area contributed by atoms with Crippen molar-refractivity contribution in [2.24, 2.45) is 21.0 Å².